The van der Waals surface area contributed by atoms with Crippen LogP contribution in [0.5, 0.6) is 5.88 Å². The average molecular weight is 235 g/mol. The van der Waals surface area contributed by atoms with Gasteiger partial charge in [-0.05, 0) is 31.6 Å². The van der Waals surface area contributed by atoms with Crippen LogP contribution in [-0.2, 0) is 0 Å². The van der Waals surface area contributed by atoms with Crippen molar-refractivity contribution in [3.05, 3.63) is 11.9 Å². The highest BCUT2D eigenvalue weighted by atomic mass is 16.5. The van der Waals surface area contributed by atoms with Crippen LogP contribution in [0.25, 0.3) is 0 Å². The third-order valence-corrected chi connectivity index (χ3v) is 3.59. The minimum Gasteiger partial charge on any atom is -0.481 e. The van der Waals surface area contributed by atoms with E-state index in [1.54, 1.807) is 13.4 Å². The van der Waals surface area contributed by atoms with Crippen molar-refractivity contribution < 1.29 is 4.74 Å². The van der Waals surface area contributed by atoms with Crippen molar-refractivity contribution >= 4 is 5.82 Å². The Balaban J connectivity index is 1.95. The van der Waals surface area contributed by atoms with E-state index in [4.69, 9.17) is 4.74 Å². The van der Waals surface area contributed by atoms with Crippen LogP contribution in [0.1, 0.15) is 31.7 Å². The van der Waals surface area contributed by atoms with Gasteiger partial charge in [-0.3, -0.25) is 0 Å². The maximum absolute atomic E-state index is 5.18. The number of methoxy groups -OCH3 is 1. The van der Waals surface area contributed by atoms with Crippen LogP contribution >= 0.6 is 0 Å². The Morgan fingerprint density at radius 3 is 2.88 bits per heavy atom. The number of hydrogen-bond donors (Lipinski definition) is 1. The van der Waals surface area contributed by atoms with E-state index < -0.39 is 0 Å². The van der Waals surface area contributed by atoms with Gasteiger partial charge in [-0.25, -0.2) is 9.97 Å². The topological polar surface area (TPSA) is 47.0 Å². The largest absolute Gasteiger partial charge is 0.481 e. The summed E-state index contributed by atoms with van der Waals surface area (Å²) < 4.78 is 5.18. The van der Waals surface area contributed by atoms with Gasteiger partial charge in [0.05, 0.1) is 12.7 Å². The zero-order valence-electron chi connectivity index (χ0n) is 10.9. The molecule has 2 rings (SSSR count). The zero-order valence-corrected chi connectivity index (χ0v) is 10.9. The molecule has 1 fully saturated rings. The fraction of sp³-hybridized carbons (Fsp3) is 0.692. The van der Waals surface area contributed by atoms with Crippen molar-refractivity contribution in [3.63, 3.8) is 0 Å². The quantitative estimate of drug-likeness (QED) is 0.871. The summed E-state index contributed by atoms with van der Waals surface area (Å²) >= 11 is 0. The Labute approximate surface area is 103 Å². The van der Waals surface area contributed by atoms with E-state index >= 15 is 0 Å². The predicted molar refractivity (Wildman–Crippen MR) is 68.3 cm³/mol. The lowest BCUT2D eigenvalue weighted by Gasteiger charge is -2.14. The van der Waals surface area contributed by atoms with E-state index in [-0.39, 0.29) is 0 Å². The molecule has 0 spiro atoms. The van der Waals surface area contributed by atoms with Gasteiger partial charge in [-0.2, -0.15) is 0 Å². The standard InChI is InChI=1S/C13H21N3O/c1-9-4-5-11(6-9)7-14-12-10(2)13(17-3)16-8-15-12/h8-9,11H,4-7H2,1-3H3,(H,14,15,16). The van der Waals surface area contributed by atoms with E-state index in [1.165, 1.54) is 19.3 Å². The number of hydrogen-bond acceptors (Lipinski definition) is 4. The first-order valence-electron chi connectivity index (χ1n) is 6.30. The zero-order chi connectivity index (χ0) is 12.3. The van der Waals surface area contributed by atoms with Crippen LogP contribution in [-0.4, -0.2) is 23.6 Å². The summed E-state index contributed by atoms with van der Waals surface area (Å²) in [5.41, 5.74) is 0.987. The van der Waals surface area contributed by atoms with Crippen molar-refractivity contribution in [2.45, 2.75) is 33.1 Å². The molecule has 0 bridgehead atoms. The molecule has 1 aromatic rings. The molecule has 1 aliphatic carbocycles. The lowest BCUT2D eigenvalue weighted by Crippen LogP contribution is -2.13. The first-order valence-corrected chi connectivity index (χ1v) is 6.30. The minimum absolute atomic E-state index is 0.655. The molecule has 4 heteroatoms. The molecule has 1 N–H and O–H groups in total. The van der Waals surface area contributed by atoms with Gasteiger partial charge in [0, 0.05) is 6.54 Å². The van der Waals surface area contributed by atoms with Gasteiger partial charge in [0.25, 0.3) is 0 Å². The second-order valence-corrected chi connectivity index (χ2v) is 5.02. The van der Waals surface area contributed by atoms with E-state index in [1.807, 2.05) is 6.92 Å². The summed E-state index contributed by atoms with van der Waals surface area (Å²) in [7, 11) is 1.64. The molecule has 1 aromatic heterocycles. The van der Waals surface area contributed by atoms with Crippen LogP contribution in [0, 0.1) is 18.8 Å². The van der Waals surface area contributed by atoms with Gasteiger partial charge in [0.2, 0.25) is 5.88 Å². The van der Waals surface area contributed by atoms with Crippen molar-refractivity contribution in [2.75, 3.05) is 19.0 Å². The first-order chi connectivity index (χ1) is 8.20. The molecule has 4 nitrogen and oxygen atoms in total. The fourth-order valence-corrected chi connectivity index (χ4v) is 2.57. The second kappa shape index (κ2) is 5.34. The van der Waals surface area contributed by atoms with E-state index in [2.05, 4.69) is 22.2 Å². The number of anilines is 1. The monoisotopic (exact) mass is 235 g/mol. The molecular weight excluding hydrogens is 214 g/mol. The van der Waals surface area contributed by atoms with Crippen LogP contribution in [0.3, 0.4) is 0 Å². The van der Waals surface area contributed by atoms with Crippen molar-refractivity contribution in [1.82, 2.24) is 9.97 Å². The Hall–Kier alpha value is -1.32. The number of nitrogens with one attached hydrogen (secondary N) is 1. The third kappa shape index (κ3) is 2.87. The summed E-state index contributed by atoms with van der Waals surface area (Å²) in [6.45, 7) is 5.32. The molecule has 17 heavy (non-hydrogen) atoms. The van der Waals surface area contributed by atoms with Gasteiger partial charge >= 0.3 is 0 Å². The third-order valence-electron chi connectivity index (χ3n) is 3.59. The molecule has 0 amide bonds. The Kier molecular flexibility index (Phi) is 3.82. The smallest absolute Gasteiger partial charge is 0.221 e. The second-order valence-electron chi connectivity index (χ2n) is 5.02. The van der Waals surface area contributed by atoms with Gasteiger partial charge in [-0.1, -0.05) is 13.3 Å². The summed E-state index contributed by atoms with van der Waals surface area (Å²) in [6, 6.07) is 0. The van der Waals surface area contributed by atoms with Crippen molar-refractivity contribution in [2.24, 2.45) is 11.8 Å². The Morgan fingerprint density at radius 2 is 2.24 bits per heavy atom. The Morgan fingerprint density at radius 1 is 1.41 bits per heavy atom. The normalized spacial score (nSPS) is 23.7. The van der Waals surface area contributed by atoms with Gasteiger partial charge < -0.3 is 10.1 Å². The molecule has 1 aliphatic rings. The number of ether oxygens (including phenoxy) is 1. The lowest BCUT2D eigenvalue weighted by atomic mass is 10.1. The molecule has 94 valence electrons. The maximum Gasteiger partial charge on any atom is 0.221 e. The Bertz CT molecular complexity index is 381. The highest BCUT2D eigenvalue weighted by Gasteiger charge is 2.21. The van der Waals surface area contributed by atoms with E-state index in [0.29, 0.717) is 5.88 Å². The van der Waals surface area contributed by atoms with Crippen molar-refractivity contribution in [1.29, 1.82) is 0 Å². The maximum atomic E-state index is 5.18. The lowest BCUT2D eigenvalue weighted by molar-refractivity contribution is 0.393. The fourth-order valence-electron chi connectivity index (χ4n) is 2.57. The van der Waals surface area contributed by atoms with Gasteiger partial charge in [0.15, 0.2) is 0 Å². The molecule has 1 saturated carbocycles. The van der Waals surface area contributed by atoms with Crippen LogP contribution < -0.4 is 10.1 Å². The SMILES string of the molecule is COc1ncnc(NCC2CCC(C)C2)c1C. The summed E-state index contributed by atoms with van der Waals surface area (Å²) in [6.07, 6.45) is 5.56. The number of rotatable bonds is 4. The molecule has 0 radical (unpaired) electrons. The van der Waals surface area contributed by atoms with Crippen LogP contribution in [0.15, 0.2) is 6.33 Å². The van der Waals surface area contributed by atoms with E-state index in [0.717, 1.165) is 29.8 Å². The first kappa shape index (κ1) is 12.1. The van der Waals surface area contributed by atoms with Crippen LogP contribution in [0.2, 0.25) is 0 Å². The summed E-state index contributed by atoms with van der Waals surface area (Å²) in [4.78, 5) is 8.34. The number of nitrogens with zero attached hydrogens (tertiary/aromatic N) is 2. The van der Waals surface area contributed by atoms with Crippen LogP contribution in [0.4, 0.5) is 5.82 Å². The highest BCUT2D eigenvalue weighted by molar-refractivity contribution is 5.47. The van der Waals surface area contributed by atoms with Gasteiger partial charge in [0.1, 0.15) is 12.1 Å². The van der Waals surface area contributed by atoms with Gasteiger partial charge in [-0.15, -0.1) is 0 Å². The highest BCUT2D eigenvalue weighted by Crippen LogP contribution is 2.30. The molecule has 1 heterocycles. The summed E-state index contributed by atoms with van der Waals surface area (Å²) in [5, 5.41) is 3.42. The molecule has 0 aliphatic heterocycles. The predicted octanol–water partition coefficient (Wildman–Crippen LogP) is 2.64. The number of aromatic nitrogens is 2. The molecule has 2 unspecified atom stereocenters. The molecule has 2 atom stereocenters. The van der Waals surface area contributed by atoms with E-state index in [9.17, 15) is 0 Å². The van der Waals surface area contributed by atoms with Crippen molar-refractivity contribution in [3.8, 4) is 5.88 Å². The minimum atomic E-state index is 0.655. The summed E-state index contributed by atoms with van der Waals surface area (Å²) in [5.74, 6) is 3.21. The molecular formula is C13H21N3O. The molecule has 0 aromatic carbocycles. The average Bonchev–Trinajstić information content (AvgIpc) is 2.74. The molecule has 0 saturated heterocycles.